The third kappa shape index (κ3) is 2.70. The summed E-state index contributed by atoms with van der Waals surface area (Å²) in [6.45, 7) is 5.18. The molecule has 0 aliphatic heterocycles. The number of anilines is 2. The summed E-state index contributed by atoms with van der Waals surface area (Å²) in [5, 5.41) is 5.49. The molecule has 3 aromatic heterocycles. The number of hydrazine groups is 1. The molecular formula is C14H18N6S. The average Bonchev–Trinajstić information content (AvgIpc) is 3.15. The van der Waals surface area contributed by atoms with Gasteiger partial charge in [-0.2, -0.15) is 0 Å². The van der Waals surface area contributed by atoms with Crippen LogP contribution in [0.5, 0.6) is 0 Å². The molecule has 6 nitrogen and oxygen atoms in total. The number of aromatic nitrogens is 3. The van der Waals surface area contributed by atoms with Gasteiger partial charge < -0.3 is 15.1 Å². The second-order valence-electron chi connectivity index (χ2n) is 5.49. The first-order valence-electron chi connectivity index (χ1n) is 6.68. The molecule has 0 spiro atoms. The fraction of sp³-hybridized carbons (Fsp3) is 0.286. The number of fused-ring (bicyclic) bond motifs is 1. The lowest BCUT2D eigenvalue weighted by Crippen LogP contribution is -2.27. The topological polar surface area (TPSA) is 80.3 Å². The van der Waals surface area contributed by atoms with Gasteiger partial charge in [0.05, 0.1) is 6.20 Å². The predicted octanol–water partition coefficient (Wildman–Crippen LogP) is 2.47. The molecule has 0 amide bonds. The van der Waals surface area contributed by atoms with Crippen molar-refractivity contribution in [2.75, 3.05) is 17.3 Å². The number of hydrogen-bond acceptors (Lipinski definition) is 6. The zero-order chi connectivity index (χ0) is 14.9. The number of imidazole rings is 1. The van der Waals surface area contributed by atoms with E-state index in [1.54, 1.807) is 23.7 Å². The van der Waals surface area contributed by atoms with Crippen LogP contribution in [-0.4, -0.2) is 20.9 Å². The molecule has 0 saturated carbocycles. The van der Waals surface area contributed by atoms with Gasteiger partial charge >= 0.3 is 0 Å². The van der Waals surface area contributed by atoms with Gasteiger partial charge in [0.25, 0.3) is 0 Å². The Morgan fingerprint density at radius 2 is 2.29 bits per heavy atom. The molecule has 0 aliphatic carbocycles. The van der Waals surface area contributed by atoms with Crippen LogP contribution in [0.2, 0.25) is 0 Å². The fourth-order valence-corrected chi connectivity index (χ4v) is 3.03. The summed E-state index contributed by atoms with van der Waals surface area (Å²) < 4.78 is 1.89. The normalized spacial score (nSPS) is 11.8. The highest BCUT2D eigenvalue weighted by Gasteiger charge is 2.22. The van der Waals surface area contributed by atoms with E-state index in [-0.39, 0.29) is 5.41 Å². The Labute approximate surface area is 127 Å². The van der Waals surface area contributed by atoms with Crippen LogP contribution in [0, 0.1) is 0 Å². The molecule has 21 heavy (non-hydrogen) atoms. The number of nitrogens with two attached hydrogens (primary N) is 1. The number of hydrogen-bond donors (Lipinski definition) is 3. The highest BCUT2D eigenvalue weighted by Crippen LogP contribution is 2.28. The summed E-state index contributed by atoms with van der Waals surface area (Å²) in [7, 11) is 0. The van der Waals surface area contributed by atoms with E-state index in [4.69, 9.17) is 5.84 Å². The zero-order valence-corrected chi connectivity index (χ0v) is 12.8. The van der Waals surface area contributed by atoms with Crippen LogP contribution in [-0.2, 0) is 5.41 Å². The maximum absolute atomic E-state index is 5.47. The molecule has 0 bridgehead atoms. The number of nitrogens with zero attached hydrogens (tertiary/aromatic N) is 3. The highest BCUT2D eigenvalue weighted by atomic mass is 32.1. The third-order valence-corrected chi connectivity index (χ3v) is 4.64. The van der Waals surface area contributed by atoms with E-state index >= 15 is 0 Å². The van der Waals surface area contributed by atoms with Crippen molar-refractivity contribution in [3.8, 4) is 0 Å². The summed E-state index contributed by atoms with van der Waals surface area (Å²) in [6, 6.07) is 4.23. The Balaban J connectivity index is 1.86. The molecule has 3 heterocycles. The minimum absolute atomic E-state index is 0.0194. The number of nitrogens with one attached hydrogen (secondary N) is 2. The predicted molar refractivity (Wildman–Crippen MR) is 86.6 cm³/mol. The van der Waals surface area contributed by atoms with Crippen LogP contribution in [0.4, 0.5) is 11.6 Å². The van der Waals surface area contributed by atoms with Crippen molar-refractivity contribution in [1.82, 2.24) is 14.4 Å². The van der Waals surface area contributed by atoms with Crippen molar-refractivity contribution < 1.29 is 0 Å². The fourth-order valence-electron chi connectivity index (χ4n) is 2.18. The summed E-state index contributed by atoms with van der Waals surface area (Å²) in [4.78, 5) is 10.1. The Kier molecular flexibility index (Phi) is 3.52. The van der Waals surface area contributed by atoms with Crippen LogP contribution >= 0.6 is 11.3 Å². The number of rotatable bonds is 5. The standard InChI is InChI=1S/C14H18N6S/c1-14(2,10-4-3-7-21-10)9-17-12-13-16-5-6-20(13)8-11(18-12)19-15/h3-8,19H,9,15H2,1-2H3,(H,17,18). The molecule has 0 unspecified atom stereocenters. The lowest BCUT2D eigenvalue weighted by atomic mass is 9.91. The Hall–Kier alpha value is -2.12. The molecule has 110 valence electrons. The SMILES string of the molecule is CC(C)(CNc1nc(NN)cn2ccnc12)c1cccs1. The maximum Gasteiger partial charge on any atom is 0.180 e. The Morgan fingerprint density at radius 3 is 3.00 bits per heavy atom. The maximum atomic E-state index is 5.47. The summed E-state index contributed by atoms with van der Waals surface area (Å²) in [5.41, 5.74) is 3.38. The van der Waals surface area contributed by atoms with Crippen molar-refractivity contribution >= 4 is 28.6 Å². The van der Waals surface area contributed by atoms with Crippen molar-refractivity contribution in [2.45, 2.75) is 19.3 Å². The smallest absolute Gasteiger partial charge is 0.180 e. The number of thiophene rings is 1. The summed E-state index contributed by atoms with van der Waals surface area (Å²) >= 11 is 1.76. The first kappa shape index (κ1) is 13.8. The van der Waals surface area contributed by atoms with Crippen LogP contribution in [0.3, 0.4) is 0 Å². The van der Waals surface area contributed by atoms with Crippen LogP contribution in [0.1, 0.15) is 18.7 Å². The second kappa shape index (κ2) is 5.34. The van der Waals surface area contributed by atoms with Crippen molar-refractivity contribution in [1.29, 1.82) is 0 Å². The van der Waals surface area contributed by atoms with E-state index in [0.29, 0.717) is 5.82 Å². The average molecular weight is 302 g/mol. The molecule has 3 aromatic rings. The second-order valence-corrected chi connectivity index (χ2v) is 6.44. The van der Waals surface area contributed by atoms with Gasteiger partial charge in [-0.3, -0.25) is 0 Å². The summed E-state index contributed by atoms with van der Waals surface area (Å²) in [5.74, 6) is 6.78. The van der Waals surface area contributed by atoms with Gasteiger partial charge in [0, 0.05) is 29.2 Å². The highest BCUT2D eigenvalue weighted by molar-refractivity contribution is 7.10. The van der Waals surface area contributed by atoms with Gasteiger partial charge in [0.2, 0.25) is 0 Å². The first-order valence-corrected chi connectivity index (χ1v) is 7.56. The van der Waals surface area contributed by atoms with Gasteiger partial charge in [-0.1, -0.05) is 19.9 Å². The molecule has 4 N–H and O–H groups in total. The number of nitrogen functional groups attached to an aromatic ring is 1. The molecular weight excluding hydrogens is 284 g/mol. The lowest BCUT2D eigenvalue weighted by molar-refractivity contribution is 0.568. The van der Waals surface area contributed by atoms with Crippen LogP contribution in [0.25, 0.3) is 5.65 Å². The summed E-state index contributed by atoms with van der Waals surface area (Å²) in [6.07, 6.45) is 5.41. The van der Waals surface area contributed by atoms with Crippen LogP contribution in [0.15, 0.2) is 36.1 Å². The largest absolute Gasteiger partial charge is 0.366 e. The van der Waals surface area contributed by atoms with Crippen molar-refractivity contribution in [2.24, 2.45) is 5.84 Å². The van der Waals surface area contributed by atoms with E-state index in [0.717, 1.165) is 18.0 Å². The molecule has 0 radical (unpaired) electrons. The van der Waals surface area contributed by atoms with E-state index < -0.39 is 0 Å². The molecule has 0 aliphatic rings. The van der Waals surface area contributed by atoms with Crippen molar-refractivity contribution in [3.05, 3.63) is 41.0 Å². The molecule has 0 saturated heterocycles. The van der Waals surface area contributed by atoms with Gasteiger partial charge in [-0.25, -0.2) is 15.8 Å². The minimum atomic E-state index is 0.0194. The van der Waals surface area contributed by atoms with Crippen LogP contribution < -0.4 is 16.6 Å². The van der Waals surface area contributed by atoms with Gasteiger partial charge in [0.15, 0.2) is 17.3 Å². The molecule has 0 aromatic carbocycles. The van der Waals surface area contributed by atoms with Gasteiger partial charge in [-0.15, -0.1) is 11.3 Å². The quantitative estimate of drug-likeness (QED) is 0.498. The lowest BCUT2D eigenvalue weighted by Gasteiger charge is -2.24. The monoisotopic (exact) mass is 302 g/mol. The van der Waals surface area contributed by atoms with E-state index in [2.05, 4.69) is 52.1 Å². The molecule has 3 rings (SSSR count). The van der Waals surface area contributed by atoms with E-state index in [9.17, 15) is 0 Å². The van der Waals surface area contributed by atoms with Gasteiger partial charge in [-0.05, 0) is 11.4 Å². The molecule has 0 atom stereocenters. The third-order valence-electron chi connectivity index (χ3n) is 3.41. The van der Waals surface area contributed by atoms with Gasteiger partial charge in [0.1, 0.15) is 0 Å². The molecule has 7 heteroatoms. The van der Waals surface area contributed by atoms with Crippen molar-refractivity contribution in [3.63, 3.8) is 0 Å². The first-order chi connectivity index (χ1) is 10.1. The Morgan fingerprint density at radius 1 is 1.43 bits per heavy atom. The van der Waals surface area contributed by atoms with E-state index in [1.165, 1.54) is 4.88 Å². The van der Waals surface area contributed by atoms with E-state index in [1.807, 2.05) is 10.6 Å². The molecule has 0 fully saturated rings. The minimum Gasteiger partial charge on any atom is -0.366 e. The zero-order valence-electron chi connectivity index (χ0n) is 12.0. The Bertz CT molecular complexity index is 731.